The highest BCUT2D eigenvalue weighted by molar-refractivity contribution is 7.36. The highest BCUT2D eigenvalue weighted by Crippen LogP contribution is 2.50. The molecule has 4 heterocycles. The molecule has 9 aromatic carbocycles. The van der Waals surface area contributed by atoms with Crippen LogP contribution in [-0.2, 0) is 0 Å². The van der Waals surface area contributed by atoms with Crippen LogP contribution < -0.4 is 0 Å². The second kappa shape index (κ2) is 13.5. The molecule has 13 aromatic rings. The van der Waals surface area contributed by atoms with Gasteiger partial charge < -0.3 is 8.80 Å². The van der Waals surface area contributed by atoms with Gasteiger partial charge in [0.15, 0.2) is 0 Å². The molecule has 0 unspecified atom stereocenters. The Morgan fingerprint density at radius 1 is 0.233 bits per heavy atom. The van der Waals surface area contributed by atoms with E-state index in [9.17, 15) is 0 Å². The van der Waals surface area contributed by atoms with E-state index in [1.165, 1.54) is 115 Å². The molecule has 4 aromatic heterocycles. The van der Waals surface area contributed by atoms with E-state index >= 15 is 0 Å². The van der Waals surface area contributed by atoms with Crippen LogP contribution >= 0.6 is 45.3 Å². The molecule has 0 saturated carbocycles. The summed E-state index contributed by atoms with van der Waals surface area (Å²) < 4.78 is 15.5. The van der Waals surface area contributed by atoms with Crippen LogP contribution in [0.4, 0.5) is 0 Å². The summed E-state index contributed by atoms with van der Waals surface area (Å²) in [5, 5.41) is 0. The van der Waals surface area contributed by atoms with Gasteiger partial charge in [0.2, 0.25) is 0 Å². The molecule has 0 amide bonds. The molecule has 0 atom stereocenters. The first-order valence-electron chi connectivity index (χ1n) is 20.1. The predicted octanol–water partition coefficient (Wildman–Crippen LogP) is 17.1. The average molecular weight is 837 g/mol. The summed E-state index contributed by atoms with van der Waals surface area (Å²) in [7, 11) is 0. The molecule has 0 aliphatic heterocycles. The second-order valence-electron chi connectivity index (χ2n) is 15.3. The first kappa shape index (κ1) is 34.3. The normalized spacial score (nSPS) is 12.0. The van der Waals surface area contributed by atoms with Gasteiger partial charge in [-0.05, 0) is 93.0 Å². The highest BCUT2D eigenvalue weighted by atomic mass is 32.1. The number of hydrogen-bond donors (Lipinski definition) is 0. The standard InChI is InChI=1S/C54H32N2S4/c1-5-13-33(14-6-1)37-21-25-45-41(29-37)55-42-30-38(34-15-7-2-8-16-34)22-26-46(42)58-52-49(55)51(57-45)53-50-54(52)60-48-28-24-40(36-19-11-4-12-20-36)32-44(48)56(50)43-31-39(23-27-47(43)59-53)35-17-9-3-10-18-35/h1-32H. The van der Waals surface area contributed by atoms with Crippen molar-refractivity contribution in [2.45, 2.75) is 0 Å². The lowest BCUT2D eigenvalue weighted by Crippen LogP contribution is -2.00. The first-order chi connectivity index (χ1) is 29.7. The molecule has 0 aliphatic rings. The van der Waals surface area contributed by atoms with Gasteiger partial charge >= 0.3 is 0 Å². The Kier molecular flexibility index (Phi) is 7.72. The van der Waals surface area contributed by atoms with E-state index in [1.807, 2.05) is 45.3 Å². The van der Waals surface area contributed by atoms with Crippen molar-refractivity contribution >= 4 is 116 Å². The van der Waals surface area contributed by atoms with Crippen molar-refractivity contribution in [3.8, 4) is 44.5 Å². The number of aromatic nitrogens is 2. The maximum Gasteiger partial charge on any atom is 0.0838 e. The van der Waals surface area contributed by atoms with Crippen molar-refractivity contribution in [2.75, 3.05) is 0 Å². The van der Waals surface area contributed by atoms with Gasteiger partial charge in [-0.25, -0.2) is 0 Å². The lowest BCUT2D eigenvalue weighted by molar-refractivity contribution is 1.33. The SMILES string of the molecule is c1ccc(-c2ccc3sc4c5sc6ccc(-c7ccccc7)cc6n6c7cc(-c8ccccc8)ccc7sc(c7sc8ccc(-c9ccccc9)cc8n(c3c2)c47)c56)cc1. The second-order valence-corrected chi connectivity index (χ2v) is 19.5. The maximum absolute atomic E-state index is 2.60. The van der Waals surface area contributed by atoms with Crippen LogP contribution in [-0.4, -0.2) is 8.80 Å². The fourth-order valence-electron chi connectivity index (χ4n) is 8.96. The van der Waals surface area contributed by atoms with Crippen molar-refractivity contribution in [2.24, 2.45) is 0 Å². The summed E-state index contributed by atoms with van der Waals surface area (Å²) in [6.07, 6.45) is 0. The molecular formula is C54H32N2S4. The smallest absolute Gasteiger partial charge is 0.0838 e. The Labute approximate surface area is 361 Å². The average Bonchev–Trinajstić information content (AvgIpc) is 3.33. The topological polar surface area (TPSA) is 8.82 Å². The third-order valence-electron chi connectivity index (χ3n) is 11.8. The van der Waals surface area contributed by atoms with Crippen molar-refractivity contribution in [3.05, 3.63) is 194 Å². The number of nitrogens with zero attached hydrogens (tertiary/aromatic N) is 2. The van der Waals surface area contributed by atoms with Crippen molar-refractivity contribution in [1.82, 2.24) is 8.80 Å². The molecule has 0 bridgehead atoms. The minimum Gasteiger partial charge on any atom is -0.305 e. The Balaban J connectivity index is 1.24. The quantitative estimate of drug-likeness (QED) is 0.123. The first-order valence-corrected chi connectivity index (χ1v) is 23.3. The summed E-state index contributed by atoms with van der Waals surface area (Å²) in [5.41, 5.74) is 17.3. The molecule has 13 rings (SSSR count). The van der Waals surface area contributed by atoms with E-state index in [-0.39, 0.29) is 0 Å². The van der Waals surface area contributed by atoms with Crippen LogP contribution in [0, 0.1) is 0 Å². The summed E-state index contributed by atoms with van der Waals surface area (Å²) in [4.78, 5) is 0. The molecule has 6 heteroatoms. The van der Waals surface area contributed by atoms with Gasteiger partial charge in [-0.2, -0.15) is 0 Å². The van der Waals surface area contributed by atoms with Crippen molar-refractivity contribution < 1.29 is 0 Å². The number of hydrogen-bond acceptors (Lipinski definition) is 4. The summed E-state index contributed by atoms with van der Waals surface area (Å²) in [6, 6.07) is 71.4. The predicted molar refractivity (Wildman–Crippen MR) is 264 cm³/mol. The summed E-state index contributed by atoms with van der Waals surface area (Å²) >= 11 is 7.73. The van der Waals surface area contributed by atoms with E-state index in [2.05, 4.69) is 203 Å². The number of benzene rings is 9. The van der Waals surface area contributed by atoms with Crippen LogP contribution in [0.5, 0.6) is 0 Å². The number of rotatable bonds is 4. The molecule has 2 nitrogen and oxygen atoms in total. The third-order valence-corrected chi connectivity index (χ3v) is 16.7. The fourth-order valence-corrected chi connectivity index (χ4v) is 13.9. The van der Waals surface area contributed by atoms with Crippen LogP contribution in [0.1, 0.15) is 0 Å². The van der Waals surface area contributed by atoms with Crippen LogP contribution in [0.3, 0.4) is 0 Å². The van der Waals surface area contributed by atoms with Crippen molar-refractivity contribution in [1.29, 1.82) is 0 Å². The van der Waals surface area contributed by atoms with Gasteiger partial charge in [0.1, 0.15) is 0 Å². The van der Waals surface area contributed by atoms with Gasteiger partial charge in [-0.1, -0.05) is 146 Å². The summed E-state index contributed by atoms with van der Waals surface area (Å²) in [5.74, 6) is 0. The largest absolute Gasteiger partial charge is 0.305 e. The van der Waals surface area contributed by atoms with E-state index in [4.69, 9.17) is 0 Å². The molecule has 0 fully saturated rings. The molecule has 0 radical (unpaired) electrons. The van der Waals surface area contributed by atoms with Gasteiger partial charge in [0, 0.05) is 0 Å². The summed E-state index contributed by atoms with van der Waals surface area (Å²) in [6.45, 7) is 0. The van der Waals surface area contributed by atoms with Gasteiger partial charge in [-0.15, -0.1) is 45.3 Å². The van der Waals surface area contributed by atoms with Gasteiger partial charge in [0.25, 0.3) is 0 Å². The highest BCUT2D eigenvalue weighted by Gasteiger charge is 2.23. The minimum atomic E-state index is 1.22. The third kappa shape index (κ3) is 5.28. The lowest BCUT2D eigenvalue weighted by Gasteiger charge is -2.21. The maximum atomic E-state index is 2.60. The van der Waals surface area contributed by atoms with E-state index in [0.717, 1.165) is 0 Å². The van der Waals surface area contributed by atoms with Gasteiger partial charge in [0.05, 0.1) is 70.7 Å². The Morgan fingerprint density at radius 2 is 0.467 bits per heavy atom. The van der Waals surface area contributed by atoms with E-state index < -0.39 is 0 Å². The fraction of sp³-hybridized carbons (Fsp3) is 0. The number of fused-ring (bicyclic) bond motifs is 10. The Hall–Kier alpha value is -6.54. The molecule has 0 aliphatic carbocycles. The minimum absolute atomic E-state index is 1.22. The Bertz CT molecular complexity index is 3360. The zero-order valence-corrected chi connectivity index (χ0v) is 35.3. The molecular weight excluding hydrogens is 805 g/mol. The monoisotopic (exact) mass is 836 g/mol. The molecule has 0 saturated heterocycles. The van der Waals surface area contributed by atoms with E-state index in [1.54, 1.807) is 0 Å². The molecule has 0 spiro atoms. The van der Waals surface area contributed by atoms with E-state index in [0.29, 0.717) is 0 Å². The zero-order valence-electron chi connectivity index (χ0n) is 32.0. The molecule has 60 heavy (non-hydrogen) atoms. The van der Waals surface area contributed by atoms with Crippen LogP contribution in [0.25, 0.3) is 115 Å². The van der Waals surface area contributed by atoms with Crippen molar-refractivity contribution in [3.63, 3.8) is 0 Å². The van der Waals surface area contributed by atoms with Crippen LogP contribution in [0.2, 0.25) is 0 Å². The Morgan fingerprint density at radius 3 is 0.700 bits per heavy atom. The van der Waals surface area contributed by atoms with Crippen LogP contribution in [0.15, 0.2) is 194 Å². The molecule has 0 N–H and O–H groups in total. The van der Waals surface area contributed by atoms with Gasteiger partial charge in [-0.3, -0.25) is 0 Å². The zero-order chi connectivity index (χ0) is 39.3. The lowest BCUT2D eigenvalue weighted by atomic mass is 10.0. The molecule has 282 valence electrons.